The van der Waals surface area contributed by atoms with Gasteiger partial charge in [-0.25, -0.2) is 9.67 Å². The fourth-order valence-corrected chi connectivity index (χ4v) is 4.57. The third kappa shape index (κ3) is 3.82. The first-order valence-electron chi connectivity index (χ1n) is 9.45. The molecule has 1 aliphatic heterocycles. The van der Waals surface area contributed by atoms with Crippen LogP contribution in [0.1, 0.15) is 20.3 Å². The van der Waals surface area contributed by atoms with Crippen molar-refractivity contribution in [2.45, 2.75) is 25.4 Å². The van der Waals surface area contributed by atoms with Crippen LogP contribution in [0.5, 0.6) is 0 Å². The van der Waals surface area contributed by atoms with Crippen molar-refractivity contribution in [2.24, 2.45) is 11.8 Å². The minimum Gasteiger partial charge on any atom is -0.341 e. The minimum atomic E-state index is -0.248. The van der Waals surface area contributed by atoms with Crippen molar-refractivity contribution in [1.82, 2.24) is 24.6 Å². The molecule has 1 saturated heterocycles. The molecule has 0 radical (unpaired) electrons. The topological polar surface area (TPSA) is 83.9 Å². The zero-order chi connectivity index (χ0) is 19.7. The summed E-state index contributed by atoms with van der Waals surface area (Å²) >= 11 is 1.26. The van der Waals surface area contributed by atoms with Crippen LogP contribution < -0.4 is 5.56 Å². The lowest BCUT2D eigenvalue weighted by Gasteiger charge is -2.34. The van der Waals surface area contributed by atoms with Crippen molar-refractivity contribution < 1.29 is 4.79 Å². The maximum Gasteiger partial charge on any atom is 0.262 e. The molecule has 0 saturated carbocycles. The quantitative estimate of drug-likeness (QED) is 0.541. The highest BCUT2D eigenvalue weighted by molar-refractivity contribution is 7.99. The highest BCUT2D eigenvalue weighted by Gasteiger charge is 2.25. The number of para-hydroxylation sites is 1. The summed E-state index contributed by atoms with van der Waals surface area (Å²) in [5.41, 5.74) is 1.08. The van der Waals surface area contributed by atoms with Gasteiger partial charge in [0.25, 0.3) is 5.56 Å². The summed E-state index contributed by atoms with van der Waals surface area (Å²) in [5.74, 6) is 1.38. The molecule has 7 nitrogen and oxygen atoms in total. The molecule has 1 aliphatic rings. The number of piperidine rings is 1. The van der Waals surface area contributed by atoms with Crippen LogP contribution in [-0.2, 0) is 4.79 Å². The van der Waals surface area contributed by atoms with Crippen LogP contribution in [0.3, 0.4) is 0 Å². The Labute approximate surface area is 167 Å². The summed E-state index contributed by atoms with van der Waals surface area (Å²) in [6, 6.07) is 9.55. The van der Waals surface area contributed by atoms with Gasteiger partial charge in [-0.1, -0.05) is 43.8 Å². The Morgan fingerprint density at radius 3 is 2.64 bits per heavy atom. The number of H-pyrrole nitrogens is 1. The summed E-state index contributed by atoms with van der Waals surface area (Å²) in [4.78, 5) is 34.3. The normalized spacial score (nSPS) is 19.9. The van der Waals surface area contributed by atoms with Gasteiger partial charge in [-0.05, 0) is 30.4 Å². The van der Waals surface area contributed by atoms with Crippen LogP contribution in [0.4, 0.5) is 0 Å². The molecule has 2 unspecified atom stereocenters. The third-order valence-corrected chi connectivity index (χ3v) is 5.83. The molecule has 146 valence electrons. The van der Waals surface area contributed by atoms with Gasteiger partial charge in [0.1, 0.15) is 5.39 Å². The number of aromatic amines is 1. The maximum absolute atomic E-state index is 12.6. The minimum absolute atomic E-state index is 0.0858. The first-order valence-corrected chi connectivity index (χ1v) is 10.4. The number of hydrogen-bond acceptors (Lipinski definition) is 5. The molecular weight excluding hydrogens is 374 g/mol. The van der Waals surface area contributed by atoms with E-state index in [0.717, 1.165) is 25.2 Å². The predicted molar refractivity (Wildman–Crippen MR) is 110 cm³/mol. The average molecular weight is 398 g/mol. The third-order valence-electron chi connectivity index (χ3n) is 4.97. The Bertz CT molecular complexity index is 1040. The standard InChI is InChI=1S/C20H23N5O2S/c1-13-8-14(2)11-24(10-13)17(26)12-28-20-22-18-16(19(27)23-20)9-21-25(18)15-6-4-3-5-7-15/h3-7,9,13-14H,8,10-12H2,1-2H3,(H,22,23,27). The van der Waals surface area contributed by atoms with Gasteiger partial charge in [-0.3, -0.25) is 9.59 Å². The van der Waals surface area contributed by atoms with E-state index in [9.17, 15) is 9.59 Å². The Balaban J connectivity index is 1.54. The summed E-state index contributed by atoms with van der Waals surface area (Å²) in [5, 5.41) is 5.16. The van der Waals surface area contributed by atoms with Gasteiger partial charge in [-0.2, -0.15) is 5.10 Å². The SMILES string of the molecule is CC1CC(C)CN(C(=O)CSc2nc3c(cnn3-c3ccccc3)c(=O)[nH]2)C1. The number of hydrogen-bond donors (Lipinski definition) is 1. The number of carbonyl (C=O) groups excluding carboxylic acids is 1. The molecule has 3 heterocycles. The molecule has 8 heteroatoms. The zero-order valence-corrected chi connectivity index (χ0v) is 16.8. The van der Waals surface area contributed by atoms with E-state index in [2.05, 4.69) is 28.9 Å². The van der Waals surface area contributed by atoms with E-state index in [0.29, 0.717) is 28.0 Å². The smallest absolute Gasteiger partial charge is 0.262 e. The van der Waals surface area contributed by atoms with Gasteiger partial charge < -0.3 is 9.88 Å². The van der Waals surface area contributed by atoms with Crippen molar-refractivity contribution in [3.8, 4) is 5.69 Å². The Hall–Kier alpha value is -2.61. The van der Waals surface area contributed by atoms with E-state index in [4.69, 9.17) is 0 Å². The predicted octanol–water partition coefficient (Wildman–Crippen LogP) is 2.71. The van der Waals surface area contributed by atoms with Crippen molar-refractivity contribution >= 4 is 28.7 Å². The van der Waals surface area contributed by atoms with E-state index < -0.39 is 0 Å². The monoisotopic (exact) mass is 397 g/mol. The highest BCUT2D eigenvalue weighted by Crippen LogP contribution is 2.23. The fraction of sp³-hybridized carbons (Fsp3) is 0.400. The highest BCUT2D eigenvalue weighted by atomic mass is 32.2. The Morgan fingerprint density at radius 1 is 1.21 bits per heavy atom. The van der Waals surface area contributed by atoms with Crippen LogP contribution >= 0.6 is 11.8 Å². The van der Waals surface area contributed by atoms with Crippen LogP contribution in [-0.4, -0.2) is 49.4 Å². The van der Waals surface area contributed by atoms with Gasteiger partial charge in [0, 0.05) is 13.1 Å². The maximum atomic E-state index is 12.6. The molecule has 1 fully saturated rings. The number of amides is 1. The second kappa shape index (κ2) is 7.79. The van der Waals surface area contributed by atoms with Gasteiger partial charge in [0.05, 0.1) is 17.6 Å². The number of likely N-dealkylation sites (tertiary alicyclic amines) is 1. The molecule has 1 N–H and O–H groups in total. The van der Waals surface area contributed by atoms with Crippen molar-refractivity contribution in [1.29, 1.82) is 0 Å². The Kier molecular flexibility index (Phi) is 5.21. The second-order valence-corrected chi connectivity index (χ2v) is 8.50. The summed E-state index contributed by atoms with van der Waals surface area (Å²) in [6.07, 6.45) is 2.68. The molecule has 1 amide bonds. The van der Waals surface area contributed by atoms with E-state index >= 15 is 0 Å². The molecule has 2 atom stereocenters. The van der Waals surface area contributed by atoms with Crippen molar-refractivity contribution in [3.63, 3.8) is 0 Å². The summed E-state index contributed by atoms with van der Waals surface area (Å²) in [7, 11) is 0. The van der Waals surface area contributed by atoms with Gasteiger partial charge in [0.2, 0.25) is 5.91 Å². The lowest BCUT2D eigenvalue weighted by Crippen LogP contribution is -2.43. The van der Waals surface area contributed by atoms with Crippen LogP contribution in [0, 0.1) is 11.8 Å². The number of fused-ring (bicyclic) bond motifs is 1. The average Bonchev–Trinajstić information content (AvgIpc) is 3.10. The van der Waals surface area contributed by atoms with Crippen LogP contribution in [0.25, 0.3) is 16.7 Å². The molecule has 3 aromatic rings. The molecule has 0 spiro atoms. The molecule has 28 heavy (non-hydrogen) atoms. The second-order valence-electron chi connectivity index (χ2n) is 7.53. The van der Waals surface area contributed by atoms with E-state index in [-0.39, 0.29) is 17.2 Å². The van der Waals surface area contributed by atoms with Gasteiger partial charge in [0.15, 0.2) is 10.8 Å². The molecule has 0 bridgehead atoms. The van der Waals surface area contributed by atoms with E-state index in [1.807, 2.05) is 35.2 Å². The van der Waals surface area contributed by atoms with Gasteiger partial charge >= 0.3 is 0 Å². The molecule has 4 rings (SSSR count). The van der Waals surface area contributed by atoms with Crippen LogP contribution in [0.15, 0.2) is 46.5 Å². The van der Waals surface area contributed by atoms with Crippen molar-refractivity contribution in [2.75, 3.05) is 18.8 Å². The number of nitrogens with zero attached hydrogens (tertiary/aromatic N) is 4. The largest absolute Gasteiger partial charge is 0.341 e. The lowest BCUT2D eigenvalue weighted by molar-refractivity contribution is -0.130. The molecule has 2 aromatic heterocycles. The number of thioether (sulfide) groups is 1. The fourth-order valence-electron chi connectivity index (χ4n) is 3.81. The number of nitrogens with one attached hydrogen (secondary N) is 1. The first kappa shape index (κ1) is 18.7. The number of rotatable bonds is 4. The summed E-state index contributed by atoms with van der Waals surface area (Å²) < 4.78 is 1.64. The molecule has 0 aliphatic carbocycles. The number of benzene rings is 1. The molecule has 1 aromatic carbocycles. The first-order chi connectivity index (χ1) is 13.5. The van der Waals surface area contributed by atoms with E-state index in [1.165, 1.54) is 18.0 Å². The number of aromatic nitrogens is 4. The van der Waals surface area contributed by atoms with Crippen molar-refractivity contribution in [3.05, 3.63) is 46.9 Å². The molecular formula is C20H23N5O2S. The van der Waals surface area contributed by atoms with Gasteiger partial charge in [-0.15, -0.1) is 0 Å². The van der Waals surface area contributed by atoms with E-state index in [1.54, 1.807) is 4.68 Å². The number of carbonyl (C=O) groups is 1. The Morgan fingerprint density at radius 2 is 1.93 bits per heavy atom. The van der Waals surface area contributed by atoms with Crippen LogP contribution in [0.2, 0.25) is 0 Å². The zero-order valence-electron chi connectivity index (χ0n) is 16.0. The summed E-state index contributed by atoms with van der Waals surface area (Å²) in [6.45, 7) is 5.96. The lowest BCUT2D eigenvalue weighted by atomic mass is 9.92.